The Morgan fingerprint density at radius 2 is 1.74 bits per heavy atom. The van der Waals surface area contributed by atoms with Crippen LogP contribution in [-0.4, -0.2) is 49.4 Å². The molecular weight excluding hydrogens is 556 g/mol. The first kappa shape index (κ1) is 29.0. The number of para-hydroxylation sites is 1. The van der Waals surface area contributed by atoms with E-state index < -0.39 is 11.8 Å². The van der Waals surface area contributed by atoms with Crippen molar-refractivity contribution in [3.05, 3.63) is 94.0 Å². The van der Waals surface area contributed by atoms with E-state index in [-0.39, 0.29) is 35.7 Å². The van der Waals surface area contributed by atoms with Gasteiger partial charge in [-0.2, -0.15) is 0 Å². The predicted molar refractivity (Wildman–Crippen MR) is 159 cm³/mol. The lowest BCUT2D eigenvalue weighted by Crippen LogP contribution is -2.11. The summed E-state index contributed by atoms with van der Waals surface area (Å²) in [6, 6.07) is 16.9. The number of hydrogen-bond acceptors (Lipinski definition) is 8. The maximum atomic E-state index is 13.2. The molecule has 0 radical (unpaired) electrons. The van der Waals surface area contributed by atoms with Gasteiger partial charge in [-0.25, -0.2) is 0 Å². The number of phenols is 2. The van der Waals surface area contributed by atoms with Gasteiger partial charge in [-0.3, -0.25) is 19.1 Å². The number of nitrogens with zero attached hydrogens (tertiary/aromatic N) is 4. The first-order chi connectivity index (χ1) is 20.3. The first-order valence-corrected chi connectivity index (χ1v) is 14.1. The average molecular weight is 587 g/mol. The minimum atomic E-state index is -0.557. The van der Waals surface area contributed by atoms with E-state index in [1.54, 1.807) is 7.11 Å². The summed E-state index contributed by atoms with van der Waals surface area (Å²) >= 11 is 6.17. The number of halogens is 1. The Hall–Kier alpha value is -4.50. The second-order valence-electron chi connectivity index (χ2n) is 10.2. The second kappa shape index (κ2) is 12.6. The molecule has 0 fully saturated rings. The summed E-state index contributed by atoms with van der Waals surface area (Å²) in [5, 5.41) is 28.9. The van der Waals surface area contributed by atoms with Crippen LogP contribution < -0.4 is 4.74 Å². The van der Waals surface area contributed by atoms with Gasteiger partial charge in [-0.05, 0) is 62.2 Å². The van der Waals surface area contributed by atoms with Crippen LogP contribution in [0.25, 0.3) is 5.69 Å². The van der Waals surface area contributed by atoms with E-state index in [0.29, 0.717) is 53.8 Å². The summed E-state index contributed by atoms with van der Waals surface area (Å²) in [5.74, 6) is 1.02. The minimum absolute atomic E-state index is 0.0342. The van der Waals surface area contributed by atoms with Gasteiger partial charge < -0.3 is 14.9 Å². The van der Waals surface area contributed by atoms with E-state index >= 15 is 0 Å². The zero-order valence-electron chi connectivity index (χ0n) is 23.4. The Kier molecular flexibility index (Phi) is 8.68. The standard InChI is InChI=1S/C32H31ClN4O5/c1-19-35-36-32-26(17-22(38)7-4-3-5-9-28(39)24-8-6-10-29(40)31(24)41)34-30(20-11-13-21(33)14-12-20)25-18-23(42-2)15-16-27(25)37(19)32/h6,8,10-16,18,26,40-41H,3-5,7,9,17H2,1-2H3/t26-/m0/s1. The second-order valence-corrected chi connectivity index (χ2v) is 10.7. The molecule has 0 amide bonds. The Labute approximate surface area is 248 Å². The van der Waals surface area contributed by atoms with Crippen molar-refractivity contribution in [1.82, 2.24) is 14.8 Å². The van der Waals surface area contributed by atoms with Crippen molar-refractivity contribution >= 4 is 28.9 Å². The monoisotopic (exact) mass is 586 g/mol. The zero-order valence-corrected chi connectivity index (χ0v) is 24.1. The molecule has 0 saturated heterocycles. The number of methoxy groups -OCH3 is 1. The van der Waals surface area contributed by atoms with Gasteiger partial charge in [-0.15, -0.1) is 10.2 Å². The number of ketones is 2. The lowest BCUT2D eigenvalue weighted by molar-refractivity contribution is -0.119. The number of benzene rings is 3. The normalized spacial score (nSPS) is 14.0. The van der Waals surface area contributed by atoms with Gasteiger partial charge in [0.15, 0.2) is 23.1 Å². The van der Waals surface area contributed by atoms with Gasteiger partial charge in [0.1, 0.15) is 23.4 Å². The molecule has 0 spiro atoms. The van der Waals surface area contributed by atoms with Crippen molar-refractivity contribution in [1.29, 1.82) is 0 Å². The molecule has 0 saturated carbocycles. The highest BCUT2D eigenvalue weighted by molar-refractivity contribution is 6.30. The van der Waals surface area contributed by atoms with Crippen LogP contribution in [0.4, 0.5) is 0 Å². The van der Waals surface area contributed by atoms with Crippen LogP contribution >= 0.6 is 11.6 Å². The summed E-state index contributed by atoms with van der Waals surface area (Å²) in [6.07, 6.45) is 2.54. The summed E-state index contributed by atoms with van der Waals surface area (Å²) in [6.45, 7) is 1.87. The molecule has 1 atom stereocenters. The molecule has 42 heavy (non-hydrogen) atoms. The number of fused-ring (bicyclic) bond motifs is 3. The number of Topliss-reactive ketones (excluding diaryl/α,β-unsaturated/α-hetero) is 2. The number of hydrogen-bond donors (Lipinski definition) is 2. The van der Waals surface area contributed by atoms with Crippen LogP contribution in [0.5, 0.6) is 17.2 Å². The largest absolute Gasteiger partial charge is 0.504 e. The summed E-state index contributed by atoms with van der Waals surface area (Å²) < 4.78 is 7.46. The number of carbonyl (C=O) groups excluding carboxylic acids is 2. The Morgan fingerprint density at radius 1 is 0.976 bits per heavy atom. The number of unbranched alkanes of at least 4 members (excludes halogenated alkanes) is 2. The van der Waals surface area contributed by atoms with E-state index in [1.807, 2.05) is 54.0 Å². The van der Waals surface area contributed by atoms with Gasteiger partial charge in [0.05, 0.1) is 24.1 Å². The number of ether oxygens (including phenoxy) is 1. The van der Waals surface area contributed by atoms with E-state index in [2.05, 4.69) is 10.2 Å². The number of phenolic OH excluding ortho intramolecular Hbond substituents is 2. The summed E-state index contributed by atoms with van der Waals surface area (Å²) in [4.78, 5) is 30.7. The molecular formula is C32H31ClN4O5. The molecule has 1 aromatic heterocycles. The van der Waals surface area contributed by atoms with Crippen molar-refractivity contribution in [2.45, 2.75) is 51.5 Å². The fourth-order valence-corrected chi connectivity index (χ4v) is 5.30. The number of rotatable bonds is 11. The van der Waals surface area contributed by atoms with Crippen molar-refractivity contribution in [3.8, 4) is 22.9 Å². The minimum Gasteiger partial charge on any atom is -0.504 e. The molecule has 5 rings (SSSR count). The molecule has 1 aliphatic heterocycles. The molecule has 10 heteroatoms. The average Bonchev–Trinajstić information content (AvgIpc) is 3.31. The first-order valence-electron chi connectivity index (χ1n) is 13.8. The Bertz CT molecular complexity index is 1660. The predicted octanol–water partition coefficient (Wildman–Crippen LogP) is 6.33. The third-order valence-corrected chi connectivity index (χ3v) is 7.60. The molecule has 0 unspecified atom stereocenters. The Morgan fingerprint density at radius 3 is 2.50 bits per heavy atom. The molecule has 2 heterocycles. The number of aromatic nitrogens is 3. The fraction of sp³-hybridized carbons (Fsp3) is 0.281. The van der Waals surface area contributed by atoms with Crippen LogP contribution in [0.1, 0.15) is 77.7 Å². The molecule has 9 nitrogen and oxygen atoms in total. The molecule has 4 aromatic rings. The molecule has 1 aliphatic rings. The third-order valence-electron chi connectivity index (χ3n) is 7.35. The fourth-order valence-electron chi connectivity index (χ4n) is 5.17. The number of aryl methyl sites for hydroxylation is 1. The SMILES string of the molecule is COc1ccc2c(c1)C(c1ccc(Cl)cc1)=N[C@@H](CC(=O)CCCCCC(=O)c1cccc(O)c1O)c1nnc(C)n1-2. The number of aliphatic imine (C=N–C) groups is 1. The maximum absolute atomic E-state index is 13.2. The van der Waals surface area contributed by atoms with Crippen LogP contribution in [0.15, 0.2) is 65.7 Å². The van der Waals surface area contributed by atoms with Crippen LogP contribution in [0, 0.1) is 6.92 Å². The van der Waals surface area contributed by atoms with Gasteiger partial charge in [-0.1, -0.05) is 36.2 Å². The number of carbonyl (C=O) groups is 2. The van der Waals surface area contributed by atoms with Gasteiger partial charge in [0, 0.05) is 35.4 Å². The van der Waals surface area contributed by atoms with Gasteiger partial charge >= 0.3 is 0 Å². The van der Waals surface area contributed by atoms with Crippen LogP contribution in [-0.2, 0) is 4.79 Å². The molecule has 2 N–H and O–H groups in total. The van der Waals surface area contributed by atoms with Crippen molar-refractivity contribution in [2.24, 2.45) is 4.99 Å². The van der Waals surface area contributed by atoms with Gasteiger partial charge in [0.25, 0.3) is 0 Å². The van der Waals surface area contributed by atoms with Crippen molar-refractivity contribution in [3.63, 3.8) is 0 Å². The highest BCUT2D eigenvalue weighted by Gasteiger charge is 2.30. The maximum Gasteiger partial charge on any atom is 0.168 e. The van der Waals surface area contributed by atoms with E-state index in [4.69, 9.17) is 21.3 Å². The molecule has 0 aliphatic carbocycles. The highest BCUT2D eigenvalue weighted by atomic mass is 35.5. The quantitative estimate of drug-likeness (QED) is 0.119. The third kappa shape index (κ3) is 6.06. The lowest BCUT2D eigenvalue weighted by atomic mass is 9.99. The van der Waals surface area contributed by atoms with Crippen LogP contribution in [0.3, 0.4) is 0 Å². The molecule has 216 valence electrons. The van der Waals surface area contributed by atoms with Gasteiger partial charge in [0.2, 0.25) is 0 Å². The van der Waals surface area contributed by atoms with E-state index in [0.717, 1.165) is 16.8 Å². The smallest absolute Gasteiger partial charge is 0.168 e. The van der Waals surface area contributed by atoms with Crippen molar-refractivity contribution < 1.29 is 24.5 Å². The summed E-state index contributed by atoms with van der Waals surface area (Å²) in [7, 11) is 1.61. The zero-order chi connectivity index (χ0) is 29.8. The summed E-state index contributed by atoms with van der Waals surface area (Å²) in [5.41, 5.74) is 3.34. The van der Waals surface area contributed by atoms with Crippen LogP contribution in [0.2, 0.25) is 5.02 Å². The molecule has 0 bridgehead atoms. The van der Waals surface area contributed by atoms with E-state index in [9.17, 15) is 19.8 Å². The topological polar surface area (TPSA) is 127 Å². The lowest BCUT2D eigenvalue weighted by Gasteiger charge is -2.14. The van der Waals surface area contributed by atoms with Crippen molar-refractivity contribution in [2.75, 3.05) is 7.11 Å². The van der Waals surface area contributed by atoms with E-state index in [1.165, 1.54) is 18.2 Å². The number of aromatic hydroxyl groups is 2. The Balaban J connectivity index is 1.32. The highest BCUT2D eigenvalue weighted by Crippen LogP contribution is 2.35. The molecule has 3 aromatic carbocycles.